The largest absolute Gasteiger partial charge is 0.496 e. The molecule has 0 saturated carbocycles. The zero-order valence-electron chi connectivity index (χ0n) is 26.6. The fourth-order valence-corrected chi connectivity index (χ4v) is 6.83. The van der Waals surface area contributed by atoms with Crippen LogP contribution in [0.5, 0.6) is 11.5 Å². The van der Waals surface area contributed by atoms with Crippen LogP contribution in [0.4, 0.5) is 0 Å². The summed E-state index contributed by atoms with van der Waals surface area (Å²) in [7, 11) is 1.64. The molecule has 0 amide bonds. The lowest BCUT2D eigenvalue weighted by molar-refractivity contribution is -0.144. The Morgan fingerprint density at radius 2 is 1.73 bits per heavy atom. The summed E-state index contributed by atoms with van der Waals surface area (Å²) in [6, 6.07) is 15.9. The molecule has 8 heteroatoms. The molecular formula is C37H45ClN2O5. The molecule has 0 spiro atoms. The van der Waals surface area contributed by atoms with Crippen LogP contribution < -0.4 is 9.47 Å². The molecule has 2 heterocycles. The number of hydrogen-bond acceptors (Lipinski definition) is 6. The topological polar surface area (TPSA) is 82.5 Å². The quantitative estimate of drug-likeness (QED) is 0.163. The first-order valence-electron chi connectivity index (χ1n) is 16.0. The molecule has 7 nitrogen and oxygen atoms in total. The summed E-state index contributed by atoms with van der Waals surface area (Å²) < 4.78 is 11.9. The minimum Gasteiger partial charge on any atom is -0.496 e. The number of carboxylic acids is 1. The van der Waals surface area contributed by atoms with E-state index < -0.39 is 12.0 Å². The number of likely N-dealkylation sites (tertiary alicyclic amines) is 2. The van der Waals surface area contributed by atoms with E-state index in [0.717, 1.165) is 96.6 Å². The van der Waals surface area contributed by atoms with Crippen molar-refractivity contribution in [2.75, 3.05) is 39.9 Å². The summed E-state index contributed by atoms with van der Waals surface area (Å²) in [5.41, 5.74) is 7.38. The second kappa shape index (κ2) is 15.3. The molecule has 0 radical (unpaired) electrons. The molecule has 2 N–H and O–H groups in total. The number of hydrogen-bond donors (Lipinski definition) is 2. The first-order chi connectivity index (χ1) is 21.7. The Bertz CT molecular complexity index is 1520. The van der Waals surface area contributed by atoms with Gasteiger partial charge >= 0.3 is 5.97 Å². The molecule has 2 atom stereocenters. The lowest BCUT2D eigenvalue weighted by Gasteiger charge is -2.33. The summed E-state index contributed by atoms with van der Waals surface area (Å²) in [5.74, 6) is 0.818. The van der Waals surface area contributed by atoms with Gasteiger partial charge in [0.25, 0.3) is 0 Å². The van der Waals surface area contributed by atoms with Gasteiger partial charge in [0, 0.05) is 36.8 Å². The third kappa shape index (κ3) is 8.08. The van der Waals surface area contributed by atoms with Gasteiger partial charge in [-0.05, 0) is 97.7 Å². The average molecular weight is 633 g/mol. The second-order valence-electron chi connectivity index (χ2n) is 12.2. The molecule has 2 aliphatic rings. The highest BCUT2D eigenvalue weighted by Gasteiger charge is 2.29. The Hall–Kier alpha value is -3.36. The van der Waals surface area contributed by atoms with Crippen LogP contribution in [0.2, 0.25) is 5.02 Å². The van der Waals surface area contributed by atoms with E-state index >= 15 is 0 Å². The van der Waals surface area contributed by atoms with Gasteiger partial charge in [0.15, 0.2) is 0 Å². The highest BCUT2D eigenvalue weighted by molar-refractivity contribution is 6.32. The second-order valence-corrected chi connectivity index (χ2v) is 12.6. The van der Waals surface area contributed by atoms with Crippen LogP contribution in [0.15, 0.2) is 48.5 Å². The lowest BCUT2D eigenvalue weighted by Crippen LogP contribution is -2.44. The number of benzene rings is 3. The van der Waals surface area contributed by atoms with Gasteiger partial charge in [0.2, 0.25) is 0 Å². The fraction of sp³-hybridized carbons (Fsp3) is 0.432. The van der Waals surface area contributed by atoms with E-state index in [1.54, 1.807) is 7.11 Å². The van der Waals surface area contributed by atoms with Gasteiger partial charge in [0.1, 0.15) is 17.5 Å². The van der Waals surface area contributed by atoms with Crippen molar-refractivity contribution in [2.45, 2.75) is 64.6 Å². The van der Waals surface area contributed by atoms with E-state index in [1.807, 2.05) is 35.2 Å². The molecule has 2 aliphatic heterocycles. The number of aliphatic hydroxyl groups excluding tert-OH is 1. The Kier molecular flexibility index (Phi) is 11.2. The van der Waals surface area contributed by atoms with Crippen molar-refractivity contribution in [3.05, 3.63) is 81.4 Å². The minimum absolute atomic E-state index is 0.191. The predicted molar refractivity (Wildman–Crippen MR) is 181 cm³/mol. The van der Waals surface area contributed by atoms with E-state index in [1.165, 1.54) is 0 Å². The molecule has 3 aromatic rings. The van der Waals surface area contributed by atoms with E-state index in [2.05, 4.69) is 49.1 Å². The first-order valence-corrected chi connectivity index (χ1v) is 16.4. The average Bonchev–Trinajstić information content (AvgIpc) is 3.45. The summed E-state index contributed by atoms with van der Waals surface area (Å²) >= 11 is 6.77. The standard InChI is InChI=1S/C37H45ClN2O5/c1-25-27(14-15-28-22-36(44-3)29(21-33(28)38)23-40-18-5-4-12-34(40)37(42)43)9-6-10-31(25)32-11-7-13-35(26(32)2)45-20-8-17-39-19-16-30(41)24-39/h6-7,9-11,13-15,21-22,30,34,41H,4-5,8,12,16-20,23-24H2,1-3H3,(H,42,43)/t30-,34+/m1/s1. The Labute approximate surface area is 272 Å². The molecule has 2 fully saturated rings. The van der Waals surface area contributed by atoms with E-state index in [9.17, 15) is 15.0 Å². The number of carbonyl (C=O) groups is 1. The number of aliphatic hydroxyl groups is 1. The predicted octanol–water partition coefficient (Wildman–Crippen LogP) is 7.08. The number of methoxy groups -OCH3 is 1. The first kappa shape index (κ1) is 33.0. The normalized spacial score (nSPS) is 19.3. The number of piperidine rings is 1. The number of aliphatic carboxylic acids is 1. The maximum atomic E-state index is 11.8. The zero-order valence-corrected chi connectivity index (χ0v) is 27.4. The maximum absolute atomic E-state index is 11.8. The van der Waals surface area contributed by atoms with Crippen molar-refractivity contribution < 1.29 is 24.5 Å². The van der Waals surface area contributed by atoms with Crippen LogP contribution in [0.1, 0.15) is 59.9 Å². The monoisotopic (exact) mass is 632 g/mol. The minimum atomic E-state index is -0.776. The highest BCUT2D eigenvalue weighted by atomic mass is 35.5. The van der Waals surface area contributed by atoms with Crippen molar-refractivity contribution in [1.29, 1.82) is 0 Å². The number of halogens is 1. The molecule has 45 heavy (non-hydrogen) atoms. The van der Waals surface area contributed by atoms with E-state index in [0.29, 0.717) is 30.3 Å². The van der Waals surface area contributed by atoms with Gasteiger partial charge in [0.05, 0.1) is 19.8 Å². The van der Waals surface area contributed by atoms with E-state index in [-0.39, 0.29) is 6.10 Å². The van der Waals surface area contributed by atoms with Crippen molar-refractivity contribution in [3.63, 3.8) is 0 Å². The van der Waals surface area contributed by atoms with Gasteiger partial charge in [-0.2, -0.15) is 0 Å². The number of ether oxygens (including phenoxy) is 2. The van der Waals surface area contributed by atoms with Crippen LogP contribution in [0, 0.1) is 13.8 Å². The summed E-state index contributed by atoms with van der Waals surface area (Å²) in [5, 5.41) is 20.0. The van der Waals surface area contributed by atoms with Gasteiger partial charge in [-0.15, -0.1) is 0 Å². The summed E-state index contributed by atoms with van der Waals surface area (Å²) in [6.07, 6.45) is 8.25. The van der Waals surface area contributed by atoms with Gasteiger partial charge in [-0.3, -0.25) is 9.69 Å². The molecule has 240 valence electrons. The fourth-order valence-electron chi connectivity index (χ4n) is 6.58. The van der Waals surface area contributed by atoms with Gasteiger partial charge < -0.3 is 24.6 Å². The molecule has 5 rings (SSSR count). The van der Waals surface area contributed by atoms with Gasteiger partial charge in [-0.25, -0.2) is 0 Å². The summed E-state index contributed by atoms with van der Waals surface area (Å²) in [4.78, 5) is 16.1. The van der Waals surface area contributed by atoms with Crippen molar-refractivity contribution in [3.8, 4) is 22.6 Å². The molecule has 2 saturated heterocycles. The number of rotatable bonds is 12. The number of carboxylic acid groups (broad SMARTS) is 1. The van der Waals surface area contributed by atoms with Gasteiger partial charge in [-0.1, -0.05) is 60.5 Å². The lowest BCUT2D eigenvalue weighted by atomic mass is 9.93. The summed E-state index contributed by atoms with van der Waals surface area (Å²) in [6.45, 7) is 8.76. The Balaban J connectivity index is 1.30. The SMILES string of the molecule is COc1cc(C=Cc2cccc(-c3cccc(OCCCN4CC[C@@H](O)C4)c3C)c2C)c(Cl)cc1CN1CCCC[C@H]1C(=O)O. The van der Waals surface area contributed by atoms with Crippen molar-refractivity contribution in [2.24, 2.45) is 0 Å². The molecule has 3 aromatic carbocycles. The van der Waals surface area contributed by atoms with Crippen LogP contribution in [-0.4, -0.2) is 78.0 Å². The van der Waals surface area contributed by atoms with Crippen molar-refractivity contribution >= 4 is 29.7 Å². The van der Waals surface area contributed by atoms with Crippen LogP contribution in [-0.2, 0) is 11.3 Å². The molecular weight excluding hydrogens is 588 g/mol. The molecule has 0 bridgehead atoms. The number of nitrogens with zero attached hydrogens (tertiary/aromatic N) is 2. The van der Waals surface area contributed by atoms with Crippen LogP contribution >= 0.6 is 11.6 Å². The third-order valence-corrected chi connectivity index (χ3v) is 9.52. The molecule has 0 aromatic heterocycles. The Morgan fingerprint density at radius 1 is 0.978 bits per heavy atom. The third-order valence-electron chi connectivity index (χ3n) is 9.19. The van der Waals surface area contributed by atoms with Crippen LogP contribution in [0.25, 0.3) is 23.3 Å². The molecule has 0 unspecified atom stereocenters. The number of β-amino-alcohol motifs (C(OH)–C–C–N with tert-alkyl or cyclic N) is 1. The highest BCUT2D eigenvalue weighted by Crippen LogP contribution is 2.35. The smallest absolute Gasteiger partial charge is 0.320 e. The molecule has 0 aliphatic carbocycles. The van der Waals surface area contributed by atoms with Crippen LogP contribution in [0.3, 0.4) is 0 Å². The van der Waals surface area contributed by atoms with Crippen molar-refractivity contribution in [1.82, 2.24) is 9.80 Å². The maximum Gasteiger partial charge on any atom is 0.320 e. The zero-order chi connectivity index (χ0) is 31.9. The van der Waals surface area contributed by atoms with E-state index in [4.69, 9.17) is 21.1 Å². The Morgan fingerprint density at radius 3 is 2.47 bits per heavy atom.